The number of nitrogens with one attached hydrogen (secondary N) is 1. The standard InChI is InChI=1S/C16H10F5NO3/c17-11-5-6-13(12(18)7-11)22-14(23)8-25-15(24)9-1-3-10(4-2-9)16(19,20)21/h1-7H,8H2,(H,22,23). The number of ether oxygens (including phenoxy) is 1. The Kier molecular flexibility index (Phi) is 5.35. The Labute approximate surface area is 138 Å². The highest BCUT2D eigenvalue weighted by Gasteiger charge is 2.30. The smallest absolute Gasteiger partial charge is 0.416 e. The van der Waals surface area contributed by atoms with Gasteiger partial charge < -0.3 is 10.1 Å². The van der Waals surface area contributed by atoms with Crippen molar-refractivity contribution in [1.29, 1.82) is 0 Å². The molecule has 0 unspecified atom stereocenters. The fraction of sp³-hybridized carbons (Fsp3) is 0.125. The molecule has 1 N–H and O–H groups in total. The Morgan fingerprint density at radius 3 is 2.20 bits per heavy atom. The molecule has 9 heteroatoms. The largest absolute Gasteiger partial charge is 0.452 e. The first-order valence-corrected chi connectivity index (χ1v) is 6.76. The minimum absolute atomic E-state index is 0.186. The molecule has 0 saturated heterocycles. The Bertz CT molecular complexity index is 787. The van der Waals surface area contributed by atoms with Crippen molar-refractivity contribution >= 4 is 17.6 Å². The molecule has 0 aliphatic carbocycles. The molecule has 0 atom stereocenters. The van der Waals surface area contributed by atoms with E-state index in [4.69, 9.17) is 0 Å². The van der Waals surface area contributed by atoms with Gasteiger partial charge in [-0.25, -0.2) is 13.6 Å². The van der Waals surface area contributed by atoms with Gasteiger partial charge in [-0.15, -0.1) is 0 Å². The van der Waals surface area contributed by atoms with E-state index in [1.165, 1.54) is 0 Å². The maximum absolute atomic E-state index is 13.4. The highest BCUT2D eigenvalue weighted by molar-refractivity contribution is 5.95. The van der Waals surface area contributed by atoms with Crippen molar-refractivity contribution in [3.63, 3.8) is 0 Å². The van der Waals surface area contributed by atoms with E-state index >= 15 is 0 Å². The molecule has 0 radical (unpaired) electrons. The summed E-state index contributed by atoms with van der Waals surface area (Å²) in [4.78, 5) is 23.2. The SMILES string of the molecule is O=C(COC(=O)c1ccc(C(F)(F)F)cc1)Nc1ccc(F)cc1F. The summed E-state index contributed by atoms with van der Waals surface area (Å²) in [6.45, 7) is -0.795. The fourth-order valence-electron chi connectivity index (χ4n) is 1.79. The molecule has 0 heterocycles. The summed E-state index contributed by atoms with van der Waals surface area (Å²) in [6, 6.07) is 5.68. The number of hydrogen-bond donors (Lipinski definition) is 1. The van der Waals surface area contributed by atoms with Gasteiger partial charge in [-0.1, -0.05) is 0 Å². The number of hydrogen-bond acceptors (Lipinski definition) is 3. The first-order chi connectivity index (χ1) is 11.7. The molecule has 2 aromatic carbocycles. The van der Waals surface area contributed by atoms with Crippen LogP contribution in [-0.2, 0) is 15.7 Å². The van der Waals surface area contributed by atoms with E-state index in [0.717, 1.165) is 24.3 Å². The molecule has 0 aliphatic heterocycles. The van der Waals surface area contributed by atoms with Gasteiger partial charge in [0.15, 0.2) is 6.61 Å². The zero-order valence-electron chi connectivity index (χ0n) is 12.4. The Hall–Kier alpha value is -2.97. The van der Waals surface area contributed by atoms with Gasteiger partial charge in [0.05, 0.1) is 16.8 Å². The molecular formula is C16H10F5NO3. The van der Waals surface area contributed by atoms with Crippen molar-refractivity contribution in [2.45, 2.75) is 6.18 Å². The Morgan fingerprint density at radius 2 is 1.64 bits per heavy atom. The van der Waals surface area contributed by atoms with E-state index in [1.807, 2.05) is 0 Å². The fourth-order valence-corrected chi connectivity index (χ4v) is 1.79. The van der Waals surface area contributed by atoms with E-state index in [0.29, 0.717) is 18.2 Å². The third-order valence-corrected chi connectivity index (χ3v) is 2.99. The van der Waals surface area contributed by atoms with Crippen LogP contribution in [0.25, 0.3) is 0 Å². The molecule has 2 aromatic rings. The summed E-state index contributed by atoms with van der Waals surface area (Å²) in [6.07, 6.45) is -4.54. The van der Waals surface area contributed by atoms with Gasteiger partial charge in [0.25, 0.3) is 5.91 Å². The summed E-state index contributed by atoms with van der Waals surface area (Å²) in [5.74, 6) is -3.76. The molecule has 4 nitrogen and oxygen atoms in total. The van der Waals surface area contributed by atoms with Crippen LogP contribution in [0.4, 0.5) is 27.6 Å². The van der Waals surface area contributed by atoms with Gasteiger partial charge in [0.2, 0.25) is 0 Å². The zero-order chi connectivity index (χ0) is 18.6. The summed E-state index contributed by atoms with van der Waals surface area (Å²) >= 11 is 0. The molecule has 132 valence electrons. The van der Waals surface area contributed by atoms with Crippen LogP contribution < -0.4 is 5.32 Å². The lowest BCUT2D eigenvalue weighted by atomic mass is 10.1. The lowest BCUT2D eigenvalue weighted by molar-refractivity contribution is -0.137. The summed E-state index contributed by atoms with van der Waals surface area (Å²) in [7, 11) is 0. The van der Waals surface area contributed by atoms with Crippen LogP contribution in [0.15, 0.2) is 42.5 Å². The van der Waals surface area contributed by atoms with Crippen LogP contribution in [0.1, 0.15) is 15.9 Å². The molecule has 0 fully saturated rings. The molecule has 25 heavy (non-hydrogen) atoms. The number of carbonyl (C=O) groups excluding carboxylic acids is 2. The van der Waals surface area contributed by atoms with Crippen molar-refractivity contribution in [1.82, 2.24) is 0 Å². The third kappa shape index (κ3) is 5.00. The highest BCUT2D eigenvalue weighted by atomic mass is 19.4. The van der Waals surface area contributed by atoms with Crippen molar-refractivity contribution < 1.29 is 36.3 Å². The minimum atomic E-state index is -4.54. The number of alkyl halides is 3. The van der Waals surface area contributed by atoms with E-state index in [2.05, 4.69) is 10.1 Å². The number of carbonyl (C=O) groups is 2. The number of anilines is 1. The lowest BCUT2D eigenvalue weighted by Crippen LogP contribution is -2.21. The molecular weight excluding hydrogens is 349 g/mol. The van der Waals surface area contributed by atoms with Crippen LogP contribution in [-0.4, -0.2) is 18.5 Å². The molecule has 0 bridgehead atoms. The van der Waals surface area contributed by atoms with Crippen molar-refractivity contribution in [2.24, 2.45) is 0 Å². The van der Waals surface area contributed by atoms with Gasteiger partial charge >= 0.3 is 12.1 Å². The number of esters is 1. The van der Waals surface area contributed by atoms with Gasteiger partial charge in [-0.3, -0.25) is 4.79 Å². The maximum atomic E-state index is 13.4. The van der Waals surface area contributed by atoms with Crippen LogP contribution in [0.2, 0.25) is 0 Å². The average molecular weight is 359 g/mol. The Balaban J connectivity index is 1.92. The highest BCUT2D eigenvalue weighted by Crippen LogP contribution is 2.29. The van der Waals surface area contributed by atoms with Gasteiger partial charge in [-0.05, 0) is 36.4 Å². The molecule has 2 rings (SSSR count). The summed E-state index contributed by atoms with van der Waals surface area (Å²) in [5, 5.41) is 2.07. The second kappa shape index (κ2) is 7.29. The van der Waals surface area contributed by atoms with Crippen molar-refractivity contribution in [3.05, 3.63) is 65.2 Å². The lowest BCUT2D eigenvalue weighted by Gasteiger charge is -2.09. The first kappa shape index (κ1) is 18.4. The van der Waals surface area contributed by atoms with Crippen molar-refractivity contribution in [3.8, 4) is 0 Å². The quantitative estimate of drug-likeness (QED) is 0.668. The summed E-state index contributed by atoms with van der Waals surface area (Å²) < 4.78 is 68.0. The monoisotopic (exact) mass is 359 g/mol. The normalized spacial score (nSPS) is 11.1. The average Bonchev–Trinajstić information content (AvgIpc) is 2.54. The second-order valence-electron chi connectivity index (χ2n) is 4.82. The van der Waals surface area contributed by atoms with Crippen molar-refractivity contribution in [2.75, 3.05) is 11.9 Å². The van der Waals surface area contributed by atoms with E-state index in [1.54, 1.807) is 0 Å². The van der Waals surface area contributed by atoms with E-state index < -0.39 is 41.9 Å². The van der Waals surface area contributed by atoms with Gasteiger partial charge in [0, 0.05) is 6.07 Å². The molecule has 0 aromatic heterocycles. The molecule has 0 aliphatic rings. The Morgan fingerprint density at radius 1 is 1.00 bits per heavy atom. The summed E-state index contributed by atoms with van der Waals surface area (Å²) in [5.41, 5.74) is -1.43. The third-order valence-electron chi connectivity index (χ3n) is 2.99. The minimum Gasteiger partial charge on any atom is -0.452 e. The predicted octanol–water partition coefficient (Wildman–Crippen LogP) is 3.78. The van der Waals surface area contributed by atoms with Crippen LogP contribution in [0.5, 0.6) is 0 Å². The van der Waals surface area contributed by atoms with Gasteiger partial charge in [0.1, 0.15) is 11.6 Å². The predicted molar refractivity (Wildman–Crippen MR) is 76.7 cm³/mol. The maximum Gasteiger partial charge on any atom is 0.416 e. The van der Waals surface area contributed by atoms with Crippen LogP contribution >= 0.6 is 0 Å². The van der Waals surface area contributed by atoms with Crippen LogP contribution in [0, 0.1) is 11.6 Å². The number of benzene rings is 2. The van der Waals surface area contributed by atoms with E-state index in [9.17, 15) is 31.5 Å². The number of amides is 1. The number of halogens is 5. The topological polar surface area (TPSA) is 55.4 Å². The second-order valence-corrected chi connectivity index (χ2v) is 4.82. The first-order valence-electron chi connectivity index (χ1n) is 6.76. The number of rotatable bonds is 4. The van der Waals surface area contributed by atoms with E-state index in [-0.39, 0.29) is 11.3 Å². The van der Waals surface area contributed by atoms with Gasteiger partial charge in [-0.2, -0.15) is 13.2 Å². The van der Waals surface area contributed by atoms with Crippen LogP contribution in [0.3, 0.4) is 0 Å². The zero-order valence-corrected chi connectivity index (χ0v) is 12.4. The molecule has 0 spiro atoms. The molecule has 1 amide bonds. The molecule has 0 saturated carbocycles.